The molecule has 140 valence electrons. The number of thiophene rings is 2. The standard InChI is InChI=1S/C20H22N4OS2/c1-13-2-4-15-16(10-13)27-20-18(15)19(21-12-22-20)24-8-6-23(7-9-24)17-5-3-14(11-25)26-17/h3,5,11-13H,2,4,6-10H2,1H3/t13-/m0/s1. The van der Waals surface area contributed by atoms with Crippen LogP contribution in [-0.4, -0.2) is 42.4 Å². The Morgan fingerprint density at radius 2 is 1.93 bits per heavy atom. The molecule has 0 aromatic carbocycles. The second-order valence-electron chi connectivity index (χ2n) is 7.50. The van der Waals surface area contributed by atoms with Crippen molar-refractivity contribution in [3.05, 3.63) is 33.8 Å². The van der Waals surface area contributed by atoms with Crippen LogP contribution in [0, 0.1) is 5.92 Å². The molecule has 1 atom stereocenters. The van der Waals surface area contributed by atoms with E-state index in [0.29, 0.717) is 0 Å². The fourth-order valence-electron chi connectivity index (χ4n) is 4.21. The molecule has 1 aliphatic heterocycles. The molecule has 1 saturated heterocycles. The summed E-state index contributed by atoms with van der Waals surface area (Å²) in [4.78, 5) is 28.5. The van der Waals surface area contributed by atoms with Gasteiger partial charge in [0, 0.05) is 31.1 Å². The zero-order chi connectivity index (χ0) is 18.4. The summed E-state index contributed by atoms with van der Waals surface area (Å²) >= 11 is 3.44. The SMILES string of the molecule is C[C@H]1CCc2c(sc3ncnc(N4CCN(c5ccc(C=O)s5)CC4)c23)C1. The molecule has 1 fully saturated rings. The molecular weight excluding hydrogens is 376 g/mol. The third-order valence-corrected chi connectivity index (χ3v) is 7.93. The van der Waals surface area contributed by atoms with Crippen molar-refractivity contribution in [2.24, 2.45) is 5.92 Å². The van der Waals surface area contributed by atoms with Crippen LogP contribution in [0.2, 0.25) is 0 Å². The summed E-state index contributed by atoms with van der Waals surface area (Å²) < 4.78 is 0. The van der Waals surface area contributed by atoms with Gasteiger partial charge in [0.25, 0.3) is 0 Å². The van der Waals surface area contributed by atoms with Crippen LogP contribution < -0.4 is 9.80 Å². The van der Waals surface area contributed by atoms with E-state index in [9.17, 15) is 4.79 Å². The van der Waals surface area contributed by atoms with Gasteiger partial charge in [0.05, 0.1) is 15.3 Å². The van der Waals surface area contributed by atoms with Crippen molar-refractivity contribution in [1.29, 1.82) is 0 Å². The zero-order valence-corrected chi connectivity index (χ0v) is 17.0. The van der Waals surface area contributed by atoms with Crippen LogP contribution in [0.5, 0.6) is 0 Å². The van der Waals surface area contributed by atoms with E-state index in [2.05, 4.69) is 27.8 Å². The number of hydrogen-bond donors (Lipinski definition) is 0. The minimum absolute atomic E-state index is 0.771. The molecule has 0 N–H and O–H groups in total. The molecule has 0 unspecified atom stereocenters. The highest BCUT2D eigenvalue weighted by atomic mass is 32.1. The molecule has 3 aromatic heterocycles. The maximum absolute atomic E-state index is 10.9. The van der Waals surface area contributed by atoms with Crippen LogP contribution in [0.25, 0.3) is 10.2 Å². The normalized spacial score (nSPS) is 20.1. The Morgan fingerprint density at radius 1 is 1.11 bits per heavy atom. The number of carbonyl (C=O) groups is 1. The monoisotopic (exact) mass is 398 g/mol. The van der Waals surface area contributed by atoms with Crippen LogP contribution in [0.4, 0.5) is 10.8 Å². The lowest BCUT2D eigenvalue weighted by Gasteiger charge is -2.36. The maximum Gasteiger partial charge on any atom is 0.160 e. The van der Waals surface area contributed by atoms with Gasteiger partial charge in [-0.3, -0.25) is 4.79 Å². The van der Waals surface area contributed by atoms with Gasteiger partial charge in [0.2, 0.25) is 0 Å². The predicted octanol–water partition coefficient (Wildman–Crippen LogP) is 4.02. The molecule has 7 heteroatoms. The Kier molecular flexibility index (Phi) is 4.36. The van der Waals surface area contributed by atoms with Gasteiger partial charge in [0.1, 0.15) is 17.0 Å². The van der Waals surface area contributed by atoms with Crippen LogP contribution in [0.3, 0.4) is 0 Å². The van der Waals surface area contributed by atoms with E-state index in [-0.39, 0.29) is 0 Å². The van der Waals surface area contributed by atoms with Crippen molar-refractivity contribution < 1.29 is 4.79 Å². The van der Waals surface area contributed by atoms with Crippen LogP contribution in [0.1, 0.15) is 33.5 Å². The Balaban J connectivity index is 1.41. The van der Waals surface area contributed by atoms with Crippen molar-refractivity contribution in [1.82, 2.24) is 9.97 Å². The smallest absolute Gasteiger partial charge is 0.160 e. The number of aromatic nitrogens is 2. The van der Waals surface area contributed by atoms with E-state index < -0.39 is 0 Å². The number of aldehydes is 1. The van der Waals surface area contributed by atoms with E-state index in [0.717, 1.165) is 60.3 Å². The third kappa shape index (κ3) is 3.02. The largest absolute Gasteiger partial charge is 0.360 e. The fourth-order valence-corrected chi connectivity index (χ4v) is 6.43. The number of hydrogen-bond acceptors (Lipinski definition) is 7. The predicted molar refractivity (Wildman–Crippen MR) is 113 cm³/mol. The van der Waals surface area contributed by atoms with E-state index in [1.807, 2.05) is 17.4 Å². The van der Waals surface area contributed by atoms with Crippen LogP contribution in [-0.2, 0) is 12.8 Å². The highest BCUT2D eigenvalue weighted by molar-refractivity contribution is 7.19. The van der Waals surface area contributed by atoms with Crippen LogP contribution >= 0.6 is 22.7 Å². The highest BCUT2D eigenvalue weighted by Gasteiger charge is 2.26. The minimum Gasteiger partial charge on any atom is -0.360 e. The summed E-state index contributed by atoms with van der Waals surface area (Å²) in [5, 5.41) is 2.49. The first-order valence-electron chi connectivity index (χ1n) is 9.53. The molecule has 0 amide bonds. The van der Waals surface area contributed by atoms with Crippen molar-refractivity contribution in [2.45, 2.75) is 26.2 Å². The topological polar surface area (TPSA) is 49.3 Å². The Morgan fingerprint density at radius 3 is 2.70 bits per heavy atom. The number of fused-ring (bicyclic) bond motifs is 3. The van der Waals surface area contributed by atoms with E-state index in [4.69, 9.17) is 4.98 Å². The third-order valence-electron chi connectivity index (χ3n) is 5.69. The van der Waals surface area contributed by atoms with Gasteiger partial charge in [-0.25, -0.2) is 9.97 Å². The molecule has 1 aliphatic carbocycles. The number of piperazine rings is 1. The quantitative estimate of drug-likeness (QED) is 0.624. The number of aryl methyl sites for hydroxylation is 1. The van der Waals surface area contributed by atoms with Gasteiger partial charge in [-0.05, 0) is 42.9 Å². The van der Waals surface area contributed by atoms with Crippen molar-refractivity contribution >= 4 is 50.0 Å². The maximum atomic E-state index is 10.9. The molecule has 5 nitrogen and oxygen atoms in total. The fraction of sp³-hybridized carbons (Fsp3) is 0.450. The second kappa shape index (κ2) is 6.87. The molecule has 2 aliphatic rings. The minimum atomic E-state index is 0.771. The molecule has 27 heavy (non-hydrogen) atoms. The van der Waals surface area contributed by atoms with E-state index in [1.165, 1.54) is 33.7 Å². The van der Waals surface area contributed by atoms with Gasteiger partial charge >= 0.3 is 0 Å². The van der Waals surface area contributed by atoms with E-state index in [1.54, 1.807) is 17.7 Å². The average Bonchev–Trinajstić information content (AvgIpc) is 3.32. The molecular formula is C20H22N4OS2. The summed E-state index contributed by atoms with van der Waals surface area (Å²) in [5.41, 5.74) is 1.50. The molecule has 4 heterocycles. The number of rotatable bonds is 3. The van der Waals surface area contributed by atoms with Crippen molar-refractivity contribution in [2.75, 3.05) is 36.0 Å². The Labute approximate surface area is 166 Å². The molecule has 5 rings (SSSR count). The number of nitrogens with zero attached hydrogens (tertiary/aromatic N) is 4. The lowest BCUT2D eigenvalue weighted by Crippen LogP contribution is -2.46. The van der Waals surface area contributed by atoms with Gasteiger partial charge in [-0.2, -0.15) is 0 Å². The lowest BCUT2D eigenvalue weighted by molar-refractivity contribution is 0.112. The van der Waals surface area contributed by atoms with Crippen molar-refractivity contribution in [3.8, 4) is 0 Å². The summed E-state index contributed by atoms with van der Waals surface area (Å²) in [6.45, 7) is 6.14. The summed E-state index contributed by atoms with van der Waals surface area (Å²) in [6.07, 6.45) is 6.26. The lowest BCUT2D eigenvalue weighted by atomic mass is 9.89. The first-order valence-corrected chi connectivity index (χ1v) is 11.2. The molecule has 0 radical (unpaired) electrons. The molecule has 0 saturated carbocycles. The Hall–Kier alpha value is -1.99. The first-order chi connectivity index (χ1) is 13.2. The van der Waals surface area contributed by atoms with Gasteiger partial charge in [0.15, 0.2) is 6.29 Å². The first kappa shape index (κ1) is 17.1. The second-order valence-corrected chi connectivity index (χ2v) is 9.67. The summed E-state index contributed by atoms with van der Waals surface area (Å²) in [7, 11) is 0. The van der Waals surface area contributed by atoms with E-state index >= 15 is 0 Å². The van der Waals surface area contributed by atoms with Crippen molar-refractivity contribution in [3.63, 3.8) is 0 Å². The number of anilines is 2. The Bertz CT molecular complexity index is 987. The highest BCUT2D eigenvalue weighted by Crippen LogP contribution is 2.40. The molecule has 0 spiro atoms. The summed E-state index contributed by atoms with van der Waals surface area (Å²) in [5.74, 6) is 1.89. The number of carbonyl (C=O) groups excluding carboxylic acids is 1. The molecule has 3 aromatic rings. The molecule has 0 bridgehead atoms. The zero-order valence-electron chi connectivity index (χ0n) is 15.4. The average molecular weight is 399 g/mol. The van der Waals surface area contributed by atoms with Crippen LogP contribution in [0.15, 0.2) is 18.5 Å². The van der Waals surface area contributed by atoms with Gasteiger partial charge in [-0.15, -0.1) is 22.7 Å². The van der Waals surface area contributed by atoms with Gasteiger partial charge in [-0.1, -0.05) is 6.92 Å². The summed E-state index contributed by atoms with van der Waals surface area (Å²) in [6, 6.07) is 3.97. The van der Waals surface area contributed by atoms with Gasteiger partial charge < -0.3 is 9.80 Å².